The summed E-state index contributed by atoms with van der Waals surface area (Å²) in [5.74, 6) is 0. The molecule has 0 saturated carbocycles. The SMILES string of the molecule is C/C=C\C1=C(C)C(C)=C(/C=C\C)C12c1ccccc1-c1ccccc12. The molecule has 2 aromatic rings. The molecule has 1 spiro atoms. The van der Waals surface area contributed by atoms with Gasteiger partial charge in [0.15, 0.2) is 0 Å². The predicted molar refractivity (Wildman–Crippen MR) is 108 cm³/mol. The van der Waals surface area contributed by atoms with E-state index in [9.17, 15) is 0 Å². The van der Waals surface area contributed by atoms with E-state index in [2.05, 4.69) is 101 Å². The summed E-state index contributed by atoms with van der Waals surface area (Å²) in [7, 11) is 0. The van der Waals surface area contributed by atoms with Gasteiger partial charge in [-0.15, -0.1) is 0 Å². The Labute approximate surface area is 150 Å². The first-order valence-electron chi connectivity index (χ1n) is 9.05. The highest BCUT2D eigenvalue weighted by molar-refractivity contribution is 5.89. The van der Waals surface area contributed by atoms with E-state index in [1.807, 2.05) is 0 Å². The molecule has 0 unspecified atom stereocenters. The maximum absolute atomic E-state index is 2.31. The first kappa shape index (κ1) is 15.9. The van der Waals surface area contributed by atoms with E-state index in [4.69, 9.17) is 0 Å². The van der Waals surface area contributed by atoms with Gasteiger partial charge < -0.3 is 0 Å². The molecule has 4 rings (SSSR count). The number of rotatable bonds is 2. The summed E-state index contributed by atoms with van der Waals surface area (Å²) in [4.78, 5) is 0. The molecule has 2 aromatic carbocycles. The smallest absolute Gasteiger partial charge is 0.0718 e. The summed E-state index contributed by atoms with van der Waals surface area (Å²) in [6, 6.07) is 17.8. The maximum atomic E-state index is 2.31. The average molecular weight is 324 g/mol. The molecule has 0 saturated heterocycles. The first-order valence-corrected chi connectivity index (χ1v) is 9.05. The lowest BCUT2D eigenvalue weighted by atomic mass is 9.68. The van der Waals surface area contributed by atoms with Crippen molar-refractivity contribution in [1.29, 1.82) is 0 Å². The molecular weight excluding hydrogens is 300 g/mol. The molecule has 0 heteroatoms. The topological polar surface area (TPSA) is 0 Å². The van der Waals surface area contributed by atoms with Crippen LogP contribution in [0.5, 0.6) is 0 Å². The van der Waals surface area contributed by atoms with Gasteiger partial charge in [-0.25, -0.2) is 0 Å². The molecule has 0 aliphatic heterocycles. The highest BCUT2D eigenvalue weighted by atomic mass is 14.5. The van der Waals surface area contributed by atoms with Crippen LogP contribution in [0.3, 0.4) is 0 Å². The van der Waals surface area contributed by atoms with Crippen LogP contribution in [0.25, 0.3) is 11.1 Å². The zero-order valence-electron chi connectivity index (χ0n) is 15.4. The first-order chi connectivity index (χ1) is 12.2. The van der Waals surface area contributed by atoms with E-state index >= 15 is 0 Å². The quantitative estimate of drug-likeness (QED) is 0.573. The van der Waals surface area contributed by atoms with E-state index in [-0.39, 0.29) is 5.41 Å². The fourth-order valence-electron chi connectivity index (χ4n) is 4.76. The molecule has 0 atom stereocenters. The molecule has 124 valence electrons. The minimum absolute atomic E-state index is 0.180. The lowest BCUT2D eigenvalue weighted by Gasteiger charge is -2.32. The van der Waals surface area contributed by atoms with Gasteiger partial charge >= 0.3 is 0 Å². The molecule has 0 nitrogen and oxygen atoms in total. The van der Waals surface area contributed by atoms with E-state index in [0.29, 0.717) is 0 Å². The van der Waals surface area contributed by atoms with Gasteiger partial charge in [0.1, 0.15) is 0 Å². The standard InChI is InChI=1S/C25H24/c1-5-11-21-17(3)18(4)22(12-6-2)25(21)23-15-9-7-13-19(23)20-14-8-10-16-24(20)25/h5-16H,1-4H3/b11-5-,12-6-. The number of allylic oxidation sites excluding steroid dienone is 8. The van der Waals surface area contributed by atoms with Crippen LogP contribution in [0.2, 0.25) is 0 Å². The van der Waals surface area contributed by atoms with Crippen molar-refractivity contribution in [2.75, 3.05) is 0 Å². The fraction of sp³-hybridized carbons (Fsp3) is 0.200. The van der Waals surface area contributed by atoms with Gasteiger partial charge in [-0.3, -0.25) is 0 Å². The van der Waals surface area contributed by atoms with E-state index in [1.54, 1.807) is 0 Å². The lowest BCUT2D eigenvalue weighted by Crippen LogP contribution is -2.27. The molecular formula is C25H24. The number of hydrogen-bond donors (Lipinski definition) is 0. The molecule has 0 radical (unpaired) electrons. The van der Waals surface area contributed by atoms with Crippen molar-refractivity contribution < 1.29 is 0 Å². The normalized spacial score (nSPS) is 18.1. The molecule has 0 fully saturated rings. The Kier molecular flexibility index (Phi) is 3.65. The third-order valence-electron chi connectivity index (χ3n) is 5.80. The zero-order chi connectivity index (χ0) is 17.6. The van der Waals surface area contributed by atoms with Crippen LogP contribution >= 0.6 is 0 Å². The molecule has 0 heterocycles. The molecule has 2 aliphatic rings. The van der Waals surface area contributed by atoms with Crippen LogP contribution < -0.4 is 0 Å². The summed E-state index contributed by atoms with van der Waals surface area (Å²) in [6.07, 6.45) is 8.98. The monoisotopic (exact) mass is 324 g/mol. The van der Waals surface area contributed by atoms with Gasteiger partial charge in [-0.1, -0.05) is 72.8 Å². The van der Waals surface area contributed by atoms with E-state index in [0.717, 1.165) is 0 Å². The second-order valence-electron chi connectivity index (χ2n) is 6.92. The van der Waals surface area contributed by atoms with Crippen LogP contribution in [-0.2, 0) is 5.41 Å². The summed E-state index contributed by atoms with van der Waals surface area (Å²) in [5, 5.41) is 0. The summed E-state index contributed by atoms with van der Waals surface area (Å²) >= 11 is 0. The Balaban J connectivity index is 2.21. The Bertz CT molecular complexity index is 895. The summed E-state index contributed by atoms with van der Waals surface area (Å²) in [6.45, 7) is 8.77. The van der Waals surface area contributed by atoms with Crippen molar-refractivity contribution in [1.82, 2.24) is 0 Å². The number of benzene rings is 2. The minimum Gasteiger partial charge on any atom is -0.0873 e. The second-order valence-corrected chi connectivity index (χ2v) is 6.92. The average Bonchev–Trinajstić information content (AvgIpc) is 3.04. The summed E-state index contributed by atoms with van der Waals surface area (Å²) in [5.41, 5.74) is 11.0. The van der Waals surface area contributed by atoms with Gasteiger partial charge in [-0.2, -0.15) is 0 Å². The molecule has 0 aromatic heterocycles. The third kappa shape index (κ3) is 1.88. The highest BCUT2D eigenvalue weighted by Crippen LogP contribution is 2.61. The lowest BCUT2D eigenvalue weighted by molar-refractivity contribution is 0.776. The van der Waals surface area contributed by atoms with Crippen LogP contribution in [-0.4, -0.2) is 0 Å². The second kappa shape index (κ2) is 5.74. The van der Waals surface area contributed by atoms with Crippen molar-refractivity contribution in [2.24, 2.45) is 0 Å². The fourth-order valence-corrected chi connectivity index (χ4v) is 4.76. The summed E-state index contributed by atoms with van der Waals surface area (Å²) < 4.78 is 0. The Morgan fingerprint density at radius 2 is 1.04 bits per heavy atom. The zero-order valence-corrected chi connectivity index (χ0v) is 15.4. The van der Waals surface area contributed by atoms with Crippen LogP contribution in [0.4, 0.5) is 0 Å². The van der Waals surface area contributed by atoms with Crippen molar-refractivity contribution >= 4 is 0 Å². The van der Waals surface area contributed by atoms with Crippen molar-refractivity contribution in [3.8, 4) is 11.1 Å². The molecule has 2 aliphatic carbocycles. The van der Waals surface area contributed by atoms with Gasteiger partial charge in [0.25, 0.3) is 0 Å². The van der Waals surface area contributed by atoms with Gasteiger partial charge in [0.2, 0.25) is 0 Å². The van der Waals surface area contributed by atoms with Crippen molar-refractivity contribution in [3.63, 3.8) is 0 Å². The highest BCUT2D eigenvalue weighted by Gasteiger charge is 2.50. The van der Waals surface area contributed by atoms with Gasteiger partial charge in [-0.05, 0) is 72.2 Å². The molecule has 25 heavy (non-hydrogen) atoms. The number of fused-ring (bicyclic) bond motifs is 5. The Hall–Kier alpha value is -2.60. The van der Waals surface area contributed by atoms with Crippen LogP contribution in [0.15, 0.2) is 95.1 Å². The Morgan fingerprint density at radius 1 is 0.640 bits per heavy atom. The van der Waals surface area contributed by atoms with Gasteiger partial charge in [0.05, 0.1) is 5.41 Å². The maximum Gasteiger partial charge on any atom is 0.0718 e. The van der Waals surface area contributed by atoms with Crippen LogP contribution in [0, 0.1) is 0 Å². The third-order valence-corrected chi connectivity index (χ3v) is 5.80. The van der Waals surface area contributed by atoms with Crippen molar-refractivity contribution in [3.05, 3.63) is 106 Å². The molecule has 0 amide bonds. The van der Waals surface area contributed by atoms with Gasteiger partial charge in [0, 0.05) is 0 Å². The minimum atomic E-state index is -0.180. The predicted octanol–water partition coefficient (Wildman–Crippen LogP) is 6.75. The molecule has 0 N–H and O–H groups in total. The van der Waals surface area contributed by atoms with Crippen molar-refractivity contribution in [2.45, 2.75) is 33.1 Å². The largest absolute Gasteiger partial charge is 0.0873 e. The Morgan fingerprint density at radius 3 is 1.44 bits per heavy atom. The number of hydrogen-bond acceptors (Lipinski definition) is 0. The molecule has 0 bridgehead atoms. The van der Waals surface area contributed by atoms with E-state index < -0.39 is 0 Å². The van der Waals surface area contributed by atoms with Crippen LogP contribution in [0.1, 0.15) is 38.8 Å². The van der Waals surface area contributed by atoms with E-state index in [1.165, 1.54) is 44.5 Å².